The van der Waals surface area contributed by atoms with E-state index in [-0.39, 0.29) is 23.3 Å². The zero-order chi connectivity index (χ0) is 30.2. The van der Waals surface area contributed by atoms with Crippen LogP contribution in [0.1, 0.15) is 43.9 Å². The highest BCUT2D eigenvalue weighted by Crippen LogP contribution is 2.26. The van der Waals surface area contributed by atoms with Crippen LogP contribution in [-0.4, -0.2) is 51.4 Å². The highest BCUT2D eigenvalue weighted by molar-refractivity contribution is 7.92. The Morgan fingerprint density at radius 1 is 0.927 bits per heavy atom. The average molecular weight is 580 g/mol. The molecule has 0 aliphatic carbocycles. The van der Waals surface area contributed by atoms with E-state index in [1.807, 2.05) is 58.9 Å². The Kier molecular flexibility index (Phi) is 10.9. The van der Waals surface area contributed by atoms with Crippen LogP contribution in [0.5, 0.6) is 5.75 Å². The van der Waals surface area contributed by atoms with Gasteiger partial charge in [-0.1, -0.05) is 62.7 Å². The summed E-state index contributed by atoms with van der Waals surface area (Å²) in [5, 5.41) is 2.95. The molecule has 1 N–H and O–H groups in total. The normalized spacial score (nSPS) is 12.1. The van der Waals surface area contributed by atoms with Gasteiger partial charge in [0.1, 0.15) is 18.3 Å². The summed E-state index contributed by atoms with van der Waals surface area (Å²) in [7, 11) is -2.64. The summed E-state index contributed by atoms with van der Waals surface area (Å²) in [6.07, 6.45) is 0.372. The van der Waals surface area contributed by atoms with Crippen molar-refractivity contribution >= 4 is 27.5 Å². The van der Waals surface area contributed by atoms with Gasteiger partial charge in [0.25, 0.3) is 10.0 Å². The number of benzene rings is 3. The lowest BCUT2D eigenvalue weighted by atomic mass is 10.1. The van der Waals surface area contributed by atoms with Crippen LogP contribution in [0.2, 0.25) is 0 Å². The molecule has 3 aromatic rings. The Hall–Kier alpha value is -3.85. The van der Waals surface area contributed by atoms with E-state index in [1.165, 1.54) is 24.1 Å². The van der Waals surface area contributed by atoms with Gasteiger partial charge in [0, 0.05) is 13.1 Å². The number of hydrogen-bond acceptors (Lipinski definition) is 5. The maximum Gasteiger partial charge on any atom is 0.264 e. The third-order valence-electron chi connectivity index (χ3n) is 6.92. The van der Waals surface area contributed by atoms with Crippen LogP contribution >= 0.6 is 0 Å². The number of hydrogen-bond donors (Lipinski definition) is 1. The average Bonchev–Trinajstić information content (AvgIpc) is 2.96. The minimum atomic E-state index is -4.15. The Morgan fingerprint density at radius 3 is 2.12 bits per heavy atom. The molecule has 0 saturated carbocycles. The first-order valence-electron chi connectivity index (χ1n) is 13.8. The minimum Gasteiger partial charge on any atom is -0.497 e. The number of amides is 2. The maximum atomic E-state index is 14.2. The highest BCUT2D eigenvalue weighted by Gasteiger charge is 2.34. The van der Waals surface area contributed by atoms with Crippen molar-refractivity contribution < 1.29 is 22.7 Å². The topological polar surface area (TPSA) is 96.0 Å². The van der Waals surface area contributed by atoms with Crippen molar-refractivity contribution in [2.24, 2.45) is 5.92 Å². The molecule has 0 aliphatic rings. The second-order valence-corrected chi connectivity index (χ2v) is 12.4. The number of carbonyl (C=O) groups excluding carboxylic acids is 2. The van der Waals surface area contributed by atoms with E-state index in [4.69, 9.17) is 4.74 Å². The fourth-order valence-corrected chi connectivity index (χ4v) is 5.84. The Morgan fingerprint density at radius 2 is 1.56 bits per heavy atom. The zero-order valence-electron chi connectivity index (χ0n) is 24.8. The number of nitrogens with one attached hydrogen (secondary N) is 1. The number of anilines is 1. The van der Waals surface area contributed by atoms with Crippen molar-refractivity contribution in [1.29, 1.82) is 0 Å². The number of rotatable bonds is 13. The fraction of sp³-hybridized carbons (Fsp3) is 0.375. The standard InChI is InChI=1S/C32H41N3O5S/c1-7-30(32(37)33-20-23(2)3)34(21-26-11-9-8-10-25(26)5)31(36)22-35(27-14-12-24(4)13-15-27)41(38,39)29-18-16-28(40-6)17-19-29/h8-19,23,30H,7,20-22H2,1-6H3,(H,33,37). The molecule has 3 rings (SSSR count). The summed E-state index contributed by atoms with van der Waals surface area (Å²) < 4.78 is 34.2. The molecular weight excluding hydrogens is 538 g/mol. The van der Waals surface area contributed by atoms with E-state index in [2.05, 4.69) is 5.32 Å². The molecule has 9 heteroatoms. The van der Waals surface area contributed by atoms with Crippen LogP contribution < -0.4 is 14.4 Å². The smallest absolute Gasteiger partial charge is 0.264 e. The van der Waals surface area contributed by atoms with Crippen LogP contribution in [0.15, 0.2) is 77.7 Å². The van der Waals surface area contributed by atoms with Gasteiger partial charge in [0.05, 0.1) is 17.7 Å². The van der Waals surface area contributed by atoms with Gasteiger partial charge in [-0.2, -0.15) is 0 Å². The molecule has 0 saturated heterocycles. The van der Waals surface area contributed by atoms with Gasteiger partial charge < -0.3 is 15.0 Å². The molecular formula is C32H41N3O5S. The number of methoxy groups -OCH3 is 1. The number of sulfonamides is 1. The van der Waals surface area contributed by atoms with Crippen molar-refractivity contribution in [3.8, 4) is 5.75 Å². The molecule has 0 fully saturated rings. The molecule has 0 aliphatic heterocycles. The van der Waals surface area contributed by atoms with E-state index < -0.39 is 28.5 Å². The third kappa shape index (κ3) is 8.10. The monoisotopic (exact) mass is 579 g/mol. The molecule has 0 heterocycles. The summed E-state index contributed by atoms with van der Waals surface area (Å²) in [6, 6.07) is 19.9. The molecule has 0 bridgehead atoms. The lowest BCUT2D eigenvalue weighted by Crippen LogP contribution is -2.52. The minimum absolute atomic E-state index is 0.0267. The molecule has 220 valence electrons. The number of carbonyl (C=O) groups is 2. The van der Waals surface area contributed by atoms with Crippen LogP contribution in [0.4, 0.5) is 5.69 Å². The van der Waals surface area contributed by atoms with Gasteiger partial charge >= 0.3 is 0 Å². The van der Waals surface area contributed by atoms with Crippen molar-refractivity contribution in [1.82, 2.24) is 10.2 Å². The second kappa shape index (κ2) is 14.2. The molecule has 0 radical (unpaired) electrons. The number of aryl methyl sites for hydroxylation is 2. The lowest BCUT2D eigenvalue weighted by molar-refractivity contribution is -0.140. The van der Waals surface area contributed by atoms with Gasteiger partial charge in [-0.05, 0) is 73.7 Å². The van der Waals surface area contributed by atoms with E-state index in [9.17, 15) is 18.0 Å². The Labute approximate surface area is 244 Å². The molecule has 0 spiro atoms. The summed E-state index contributed by atoms with van der Waals surface area (Å²) in [5.41, 5.74) is 3.17. The molecule has 0 aromatic heterocycles. The van der Waals surface area contributed by atoms with E-state index >= 15 is 0 Å². The first-order valence-corrected chi connectivity index (χ1v) is 15.3. The first-order chi connectivity index (χ1) is 19.5. The van der Waals surface area contributed by atoms with Crippen molar-refractivity contribution in [2.45, 2.75) is 58.5 Å². The van der Waals surface area contributed by atoms with Crippen LogP contribution in [0.3, 0.4) is 0 Å². The third-order valence-corrected chi connectivity index (χ3v) is 8.71. The van der Waals surface area contributed by atoms with Crippen molar-refractivity contribution in [3.05, 3.63) is 89.5 Å². The second-order valence-electron chi connectivity index (χ2n) is 10.5. The molecule has 8 nitrogen and oxygen atoms in total. The van der Waals surface area contributed by atoms with Gasteiger partial charge in [-0.15, -0.1) is 0 Å². The van der Waals surface area contributed by atoms with E-state index in [1.54, 1.807) is 36.4 Å². The van der Waals surface area contributed by atoms with Crippen LogP contribution in [0, 0.1) is 19.8 Å². The summed E-state index contributed by atoms with van der Waals surface area (Å²) in [5.74, 6) is 0.0219. The SMILES string of the molecule is CCC(C(=O)NCC(C)C)N(Cc1ccccc1C)C(=O)CN(c1ccc(C)cc1)S(=O)(=O)c1ccc(OC)cc1. The maximum absolute atomic E-state index is 14.2. The lowest BCUT2D eigenvalue weighted by Gasteiger charge is -2.33. The van der Waals surface area contributed by atoms with Crippen molar-refractivity contribution in [2.75, 3.05) is 24.5 Å². The fourth-order valence-electron chi connectivity index (χ4n) is 4.43. The van der Waals surface area contributed by atoms with E-state index in [0.717, 1.165) is 21.0 Å². The predicted molar refractivity (Wildman–Crippen MR) is 162 cm³/mol. The summed E-state index contributed by atoms with van der Waals surface area (Å²) in [6.45, 7) is 9.88. The number of nitrogens with zero attached hydrogens (tertiary/aromatic N) is 2. The predicted octanol–water partition coefficient (Wildman–Crippen LogP) is 5.09. The van der Waals surface area contributed by atoms with Crippen molar-refractivity contribution in [3.63, 3.8) is 0 Å². The van der Waals surface area contributed by atoms with Crippen LogP contribution in [-0.2, 0) is 26.2 Å². The molecule has 1 unspecified atom stereocenters. The summed E-state index contributed by atoms with van der Waals surface area (Å²) >= 11 is 0. The molecule has 3 aromatic carbocycles. The van der Waals surface area contributed by atoms with E-state index in [0.29, 0.717) is 24.4 Å². The molecule has 2 amide bonds. The van der Waals surface area contributed by atoms with Crippen LogP contribution in [0.25, 0.3) is 0 Å². The first kappa shape index (κ1) is 31.7. The Balaban J connectivity index is 2.05. The molecule has 41 heavy (non-hydrogen) atoms. The largest absolute Gasteiger partial charge is 0.497 e. The Bertz CT molecular complexity index is 1420. The highest BCUT2D eigenvalue weighted by atomic mass is 32.2. The number of ether oxygens (including phenoxy) is 1. The quantitative estimate of drug-likeness (QED) is 0.305. The molecule has 1 atom stereocenters. The van der Waals surface area contributed by atoms with Gasteiger partial charge in [0.2, 0.25) is 11.8 Å². The van der Waals surface area contributed by atoms with Gasteiger partial charge in [0.15, 0.2) is 0 Å². The van der Waals surface area contributed by atoms with Gasteiger partial charge in [-0.3, -0.25) is 13.9 Å². The van der Waals surface area contributed by atoms with Gasteiger partial charge in [-0.25, -0.2) is 8.42 Å². The summed E-state index contributed by atoms with van der Waals surface area (Å²) in [4.78, 5) is 29.0. The zero-order valence-corrected chi connectivity index (χ0v) is 25.6.